The SMILES string of the molecule is CC(=O)N(Cc1ccc(NC(=O)NCCc2nc(-c3ccco3)n[nH]2)cc1)C(C)C. The molecule has 0 aliphatic carbocycles. The summed E-state index contributed by atoms with van der Waals surface area (Å²) in [5.74, 6) is 1.77. The lowest BCUT2D eigenvalue weighted by Gasteiger charge is -2.25. The number of nitrogens with zero attached hydrogens (tertiary/aromatic N) is 3. The zero-order valence-corrected chi connectivity index (χ0v) is 17.3. The van der Waals surface area contributed by atoms with Gasteiger partial charge in [-0.2, -0.15) is 5.10 Å². The second-order valence-corrected chi connectivity index (χ2v) is 7.15. The Bertz CT molecular complexity index is 963. The van der Waals surface area contributed by atoms with Crippen molar-refractivity contribution >= 4 is 17.6 Å². The number of aromatic amines is 1. The highest BCUT2D eigenvalue weighted by atomic mass is 16.3. The van der Waals surface area contributed by atoms with Crippen molar-refractivity contribution in [2.45, 2.75) is 39.8 Å². The van der Waals surface area contributed by atoms with Crippen LogP contribution in [0.25, 0.3) is 11.6 Å². The third-order valence-corrected chi connectivity index (χ3v) is 4.51. The maximum absolute atomic E-state index is 12.1. The molecule has 0 atom stereocenters. The Labute approximate surface area is 174 Å². The number of carbonyl (C=O) groups excluding carboxylic acids is 2. The van der Waals surface area contributed by atoms with Crippen LogP contribution in [0.15, 0.2) is 47.1 Å². The number of anilines is 1. The Morgan fingerprint density at radius 2 is 1.97 bits per heavy atom. The first-order valence-electron chi connectivity index (χ1n) is 9.78. The lowest BCUT2D eigenvalue weighted by Crippen LogP contribution is -2.34. The maximum Gasteiger partial charge on any atom is 0.319 e. The van der Waals surface area contributed by atoms with Gasteiger partial charge in [0.2, 0.25) is 11.7 Å². The molecule has 9 heteroatoms. The highest BCUT2D eigenvalue weighted by Crippen LogP contribution is 2.15. The maximum atomic E-state index is 12.1. The molecule has 9 nitrogen and oxygen atoms in total. The van der Waals surface area contributed by atoms with Gasteiger partial charge in [-0.15, -0.1) is 0 Å². The molecule has 3 aromatic rings. The summed E-state index contributed by atoms with van der Waals surface area (Å²) in [5.41, 5.74) is 1.68. The number of hydrogen-bond acceptors (Lipinski definition) is 5. The quantitative estimate of drug-likeness (QED) is 0.527. The Balaban J connectivity index is 1.44. The summed E-state index contributed by atoms with van der Waals surface area (Å²) in [6.07, 6.45) is 2.07. The average Bonchev–Trinajstić information content (AvgIpc) is 3.38. The summed E-state index contributed by atoms with van der Waals surface area (Å²) < 4.78 is 5.25. The first-order valence-corrected chi connectivity index (χ1v) is 9.78. The van der Waals surface area contributed by atoms with Crippen molar-refractivity contribution < 1.29 is 14.0 Å². The van der Waals surface area contributed by atoms with Crippen LogP contribution in [0.2, 0.25) is 0 Å². The third-order valence-electron chi connectivity index (χ3n) is 4.51. The highest BCUT2D eigenvalue weighted by Gasteiger charge is 2.13. The zero-order valence-electron chi connectivity index (χ0n) is 17.3. The van der Waals surface area contributed by atoms with Gasteiger partial charge < -0.3 is 20.0 Å². The van der Waals surface area contributed by atoms with E-state index in [2.05, 4.69) is 25.8 Å². The van der Waals surface area contributed by atoms with E-state index in [9.17, 15) is 9.59 Å². The number of nitrogens with one attached hydrogen (secondary N) is 3. The number of urea groups is 1. The Hall–Kier alpha value is -3.62. The number of amides is 3. The van der Waals surface area contributed by atoms with E-state index in [0.29, 0.717) is 42.6 Å². The molecule has 3 amide bonds. The largest absolute Gasteiger partial charge is 0.461 e. The Kier molecular flexibility index (Phi) is 6.84. The molecule has 30 heavy (non-hydrogen) atoms. The minimum Gasteiger partial charge on any atom is -0.461 e. The molecule has 3 rings (SSSR count). The monoisotopic (exact) mass is 410 g/mol. The summed E-state index contributed by atoms with van der Waals surface area (Å²) >= 11 is 0. The van der Waals surface area contributed by atoms with Gasteiger partial charge in [0.05, 0.1) is 6.26 Å². The van der Waals surface area contributed by atoms with Gasteiger partial charge in [0.15, 0.2) is 5.76 Å². The molecule has 2 heterocycles. The molecule has 0 bridgehead atoms. The third kappa shape index (κ3) is 5.69. The lowest BCUT2D eigenvalue weighted by molar-refractivity contribution is -0.131. The van der Waals surface area contributed by atoms with Gasteiger partial charge >= 0.3 is 6.03 Å². The standard InChI is InChI=1S/C21H26N6O3/c1-14(2)27(15(3)28)13-16-6-8-17(9-7-16)23-21(29)22-11-10-19-24-20(26-25-19)18-5-4-12-30-18/h4-9,12,14H,10-11,13H2,1-3H3,(H2,22,23,29)(H,24,25,26). The number of aromatic nitrogens is 3. The van der Waals surface area contributed by atoms with Crippen LogP contribution in [-0.4, -0.2) is 44.6 Å². The molecule has 0 unspecified atom stereocenters. The lowest BCUT2D eigenvalue weighted by atomic mass is 10.1. The molecule has 0 spiro atoms. The van der Waals surface area contributed by atoms with Crippen LogP contribution in [0, 0.1) is 0 Å². The minimum atomic E-state index is -0.305. The summed E-state index contributed by atoms with van der Waals surface area (Å²) in [6.45, 7) is 6.47. The van der Waals surface area contributed by atoms with E-state index >= 15 is 0 Å². The first-order chi connectivity index (χ1) is 14.4. The van der Waals surface area contributed by atoms with Crippen molar-refractivity contribution in [3.05, 3.63) is 54.0 Å². The summed E-state index contributed by atoms with van der Waals surface area (Å²) in [7, 11) is 0. The molecule has 0 aliphatic heterocycles. The molecule has 3 N–H and O–H groups in total. The van der Waals surface area contributed by atoms with E-state index in [-0.39, 0.29) is 18.0 Å². The predicted molar refractivity (Wildman–Crippen MR) is 113 cm³/mol. The van der Waals surface area contributed by atoms with Crippen molar-refractivity contribution in [2.75, 3.05) is 11.9 Å². The fourth-order valence-corrected chi connectivity index (χ4v) is 2.94. The number of hydrogen-bond donors (Lipinski definition) is 3. The van der Waals surface area contributed by atoms with Gasteiger partial charge in [-0.1, -0.05) is 12.1 Å². The first kappa shape index (κ1) is 21.1. The fourth-order valence-electron chi connectivity index (χ4n) is 2.94. The van der Waals surface area contributed by atoms with Crippen LogP contribution in [-0.2, 0) is 17.8 Å². The zero-order chi connectivity index (χ0) is 21.5. The van der Waals surface area contributed by atoms with Gasteiger partial charge in [-0.25, -0.2) is 9.78 Å². The average molecular weight is 410 g/mol. The van der Waals surface area contributed by atoms with Crippen LogP contribution in [0.4, 0.5) is 10.5 Å². The topological polar surface area (TPSA) is 116 Å². The number of rotatable bonds is 8. The van der Waals surface area contributed by atoms with E-state index in [1.54, 1.807) is 30.2 Å². The molecule has 0 radical (unpaired) electrons. The van der Waals surface area contributed by atoms with Crippen LogP contribution in [0.3, 0.4) is 0 Å². The van der Waals surface area contributed by atoms with E-state index in [1.807, 2.05) is 38.1 Å². The highest BCUT2D eigenvalue weighted by molar-refractivity contribution is 5.89. The predicted octanol–water partition coefficient (Wildman–Crippen LogP) is 3.19. The molecular formula is C21H26N6O3. The molecule has 1 aromatic carbocycles. The van der Waals surface area contributed by atoms with E-state index in [1.165, 1.54) is 0 Å². The molecular weight excluding hydrogens is 384 g/mol. The van der Waals surface area contributed by atoms with Crippen molar-refractivity contribution in [1.29, 1.82) is 0 Å². The van der Waals surface area contributed by atoms with Gasteiger partial charge in [-0.05, 0) is 43.7 Å². The smallest absolute Gasteiger partial charge is 0.319 e. The minimum absolute atomic E-state index is 0.0367. The number of benzene rings is 1. The molecule has 158 valence electrons. The number of H-pyrrole nitrogens is 1. The van der Waals surface area contributed by atoms with Crippen LogP contribution in [0.1, 0.15) is 32.2 Å². The van der Waals surface area contributed by atoms with E-state index in [4.69, 9.17) is 4.42 Å². The molecule has 0 fully saturated rings. The van der Waals surface area contributed by atoms with Crippen molar-refractivity contribution in [2.24, 2.45) is 0 Å². The normalized spacial score (nSPS) is 10.8. The van der Waals surface area contributed by atoms with Crippen LogP contribution < -0.4 is 10.6 Å². The van der Waals surface area contributed by atoms with Gasteiger partial charge in [-0.3, -0.25) is 9.89 Å². The number of furan rings is 1. The molecule has 0 aliphatic rings. The van der Waals surface area contributed by atoms with Gasteiger partial charge in [0.1, 0.15) is 5.82 Å². The summed E-state index contributed by atoms with van der Waals surface area (Å²) in [6, 6.07) is 10.8. The van der Waals surface area contributed by atoms with Crippen LogP contribution in [0.5, 0.6) is 0 Å². The van der Waals surface area contributed by atoms with Gasteiger partial charge in [0, 0.05) is 38.2 Å². The molecule has 0 saturated heterocycles. The fraction of sp³-hybridized carbons (Fsp3) is 0.333. The number of carbonyl (C=O) groups is 2. The molecule has 0 saturated carbocycles. The van der Waals surface area contributed by atoms with Crippen molar-refractivity contribution in [3.63, 3.8) is 0 Å². The Morgan fingerprint density at radius 3 is 2.60 bits per heavy atom. The van der Waals surface area contributed by atoms with Crippen molar-refractivity contribution in [3.8, 4) is 11.6 Å². The molecule has 2 aromatic heterocycles. The van der Waals surface area contributed by atoms with Gasteiger partial charge in [0.25, 0.3) is 0 Å². The van der Waals surface area contributed by atoms with Crippen LogP contribution >= 0.6 is 0 Å². The Morgan fingerprint density at radius 1 is 1.20 bits per heavy atom. The second kappa shape index (κ2) is 9.73. The summed E-state index contributed by atoms with van der Waals surface area (Å²) in [4.78, 5) is 29.9. The summed E-state index contributed by atoms with van der Waals surface area (Å²) in [5, 5.41) is 12.5. The van der Waals surface area contributed by atoms with Crippen molar-refractivity contribution in [1.82, 2.24) is 25.4 Å². The van der Waals surface area contributed by atoms with E-state index < -0.39 is 0 Å². The van der Waals surface area contributed by atoms with E-state index in [0.717, 1.165) is 5.56 Å². The second-order valence-electron chi connectivity index (χ2n) is 7.15.